The molecule has 3 rings (SSSR count). The molecule has 0 saturated heterocycles. The molecule has 0 unspecified atom stereocenters. The molecule has 8 nitrogen and oxygen atoms in total. The van der Waals surface area contributed by atoms with Crippen LogP contribution in [0.3, 0.4) is 0 Å². The zero-order valence-corrected chi connectivity index (χ0v) is 24.4. The van der Waals surface area contributed by atoms with Crippen LogP contribution in [-0.4, -0.2) is 50.4 Å². The molecular formula is C31H39N3O5S. The Kier molecular flexibility index (Phi) is 11.1. The second-order valence-corrected chi connectivity index (χ2v) is 11.3. The van der Waals surface area contributed by atoms with E-state index in [1.807, 2.05) is 51.1 Å². The van der Waals surface area contributed by atoms with Gasteiger partial charge in [0.2, 0.25) is 11.8 Å². The van der Waals surface area contributed by atoms with Gasteiger partial charge in [0.15, 0.2) is 0 Å². The van der Waals surface area contributed by atoms with Gasteiger partial charge in [-0.3, -0.25) is 13.9 Å². The first-order chi connectivity index (χ1) is 19.2. The minimum atomic E-state index is -4.17. The molecule has 0 radical (unpaired) electrons. The average Bonchev–Trinajstić information content (AvgIpc) is 2.97. The summed E-state index contributed by atoms with van der Waals surface area (Å²) in [6.07, 6.45) is 1.11. The standard InChI is InChI=1S/C31H39N3O5S/c1-5-24(4)32-31(36)27(6-2)33(22-25-16-10-8-11-17-25)30(35)23-34(28-20-14-15-21-29(28)39-7-3)40(37,38)26-18-12-9-13-19-26/h8-21,24,27H,5-7,22-23H2,1-4H3,(H,32,36)/t24-,27+/m1/s1. The fourth-order valence-corrected chi connectivity index (χ4v) is 5.76. The van der Waals surface area contributed by atoms with E-state index in [1.54, 1.807) is 49.4 Å². The first kappa shape index (κ1) is 30.7. The van der Waals surface area contributed by atoms with Crippen LogP contribution in [0, 0.1) is 0 Å². The van der Waals surface area contributed by atoms with E-state index in [0.717, 1.165) is 16.3 Å². The number of carbonyl (C=O) groups excluding carboxylic acids is 2. The second kappa shape index (κ2) is 14.5. The number of benzene rings is 3. The van der Waals surface area contributed by atoms with Crippen molar-refractivity contribution < 1.29 is 22.7 Å². The van der Waals surface area contributed by atoms with Crippen molar-refractivity contribution >= 4 is 27.5 Å². The lowest BCUT2D eigenvalue weighted by molar-refractivity contribution is -0.140. The minimum absolute atomic E-state index is 0.0465. The van der Waals surface area contributed by atoms with Crippen LogP contribution in [0.15, 0.2) is 89.8 Å². The summed E-state index contributed by atoms with van der Waals surface area (Å²) in [4.78, 5) is 29.0. The summed E-state index contributed by atoms with van der Waals surface area (Å²) in [6, 6.07) is 23.2. The predicted octanol–water partition coefficient (Wildman–Crippen LogP) is 5.00. The van der Waals surface area contributed by atoms with Crippen molar-refractivity contribution in [2.75, 3.05) is 17.5 Å². The normalized spacial score (nSPS) is 12.7. The zero-order valence-electron chi connectivity index (χ0n) is 23.6. The van der Waals surface area contributed by atoms with Crippen LogP contribution in [0.25, 0.3) is 0 Å². The van der Waals surface area contributed by atoms with Crippen LogP contribution in [0.2, 0.25) is 0 Å². The van der Waals surface area contributed by atoms with Crippen LogP contribution >= 0.6 is 0 Å². The highest BCUT2D eigenvalue weighted by Gasteiger charge is 2.34. The van der Waals surface area contributed by atoms with Crippen molar-refractivity contribution in [1.29, 1.82) is 0 Å². The first-order valence-corrected chi connectivity index (χ1v) is 15.1. The van der Waals surface area contributed by atoms with E-state index in [0.29, 0.717) is 18.8 Å². The Hall–Kier alpha value is -3.85. The van der Waals surface area contributed by atoms with Crippen LogP contribution in [0.5, 0.6) is 5.75 Å². The minimum Gasteiger partial charge on any atom is -0.492 e. The molecule has 2 amide bonds. The van der Waals surface area contributed by atoms with Crippen molar-refractivity contribution in [3.05, 3.63) is 90.5 Å². The van der Waals surface area contributed by atoms with Crippen LogP contribution in [0.1, 0.15) is 46.1 Å². The highest BCUT2D eigenvalue weighted by atomic mass is 32.2. The molecule has 0 fully saturated rings. The Morgan fingerprint density at radius 1 is 0.850 bits per heavy atom. The molecule has 0 bridgehead atoms. The van der Waals surface area contributed by atoms with Gasteiger partial charge in [0.1, 0.15) is 18.3 Å². The molecule has 0 heterocycles. The zero-order chi connectivity index (χ0) is 29.1. The number of ether oxygens (including phenoxy) is 1. The summed E-state index contributed by atoms with van der Waals surface area (Å²) in [7, 11) is -4.17. The maximum absolute atomic E-state index is 14.1. The van der Waals surface area contributed by atoms with Gasteiger partial charge in [0, 0.05) is 12.6 Å². The number of anilines is 1. The second-order valence-electron chi connectivity index (χ2n) is 9.47. The van der Waals surface area contributed by atoms with Crippen molar-refractivity contribution in [1.82, 2.24) is 10.2 Å². The number of nitrogens with one attached hydrogen (secondary N) is 1. The maximum atomic E-state index is 14.1. The van der Waals surface area contributed by atoms with E-state index in [9.17, 15) is 18.0 Å². The number of hydrogen-bond donors (Lipinski definition) is 1. The molecule has 0 saturated carbocycles. The molecular weight excluding hydrogens is 526 g/mol. The molecule has 2 atom stereocenters. The van der Waals surface area contributed by atoms with Crippen LogP contribution in [-0.2, 0) is 26.2 Å². The predicted molar refractivity (Wildman–Crippen MR) is 158 cm³/mol. The van der Waals surface area contributed by atoms with E-state index in [4.69, 9.17) is 4.74 Å². The smallest absolute Gasteiger partial charge is 0.264 e. The van der Waals surface area contributed by atoms with E-state index in [2.05, 4.69) is 5.32 Å². The summed E-state index contributed by atoms with van der Waals surface area (Å²) in [5, 5.41) is 2.98. The largest absolute Gasteiger partial charge is 0.492 e. The number of hydrogen-bond acceptors (Lipinski definition) is 5. The van der Waals surface area contributed by atoms with Gasteiger partial charge >= 0.3 is 0 Å². The van der Waals surface area contributed by atoms with Gasteiger partial charge in [-0.05, 0) is 56.5 Å². The van der Waals surface area contributed by atoms with Gasteiger partial charge in [-0.15, -0.1) is 0 Å². The van der Waals surface area contributed by atoms with Gasteiger partial charge in [0.25, 0.3) is 10.0 Å². The van der Waals surface area contributed by atoms with Crippen LogP contribution in [0.4, 0.5) is 5.69 Å². The molecule has 214 valence electrons. The molecule has 0 aliphatic rings. The van der Waals surface area contributed by atoms with Gasteiger partial charge in [0.05, 0.1) is 17.2 Å². The van der Waals surface area contributed by atoms with Gasteiger partial charge in [-0.25, -0.2) is 8.42 Å². The number of rotatable bonds is 14. The monoisotopic (exact) mass is 565 g/mol. The van der Waals surface area contributed by atoms with Crippen molar-refractivity contribution in [2.24, 2.45) is 0 Å². The van der Waals surface area contributed by atoms with Crippen molar-refractivity contribution in [3.63, 3.8) is 0 Å². The van der Waals surface area contributed by atoms with Crippen molar-refractivity contribution in [2.45, 2.75) is 64.1 Å². The van der Waals surface area contributed by atoms with E-state index < -0.39 is 28.5 Å². The van der Waals surface area contributed by atoms with Crippen LogP contribution < -0.4 is 14.4 Å². The topological polar surface area (TPSA) is 96.0 Å². The summed E-state index contributed by atoms with van der Waals surface area (Å²) in [5.74, 6) is -0.428. The maximum Gasteiger partial charge on any atom is 0.264 e. The summed E-state index contributed by atoms with van der Waals surface area (Å²) in [6.45, 7) is 7.49. The number of carbonyl (C=O) groups is 2. The van der Waals surface area contributed by atoms with Gasteiger partial charge in [-0.1, -0.05) is 74.5 Å². The lowest BCUT2D eigenvalue weighted by Gasteiger charge is -2.34. The van der Waals surface area contributed by atoms with E-state index in [1.165, 1.54) is 17.0 Å². The molecule has 0 aliphatic heterocycles. The Morgan fingerprint density at radius 3 is 2.05 bits per heavy atom. The third-order valence-electron chi connectivity index (χ3n) is 6.63. The van der Waals surface area contributed by atoms with E-state index in [-0.39, 0.29) is 29.1 Å². The molecule has 0 spiro atoms. The Balaban J connectivity index is 2.08. The number of amides is 2. The Bertz CT molecular complexity index is 1350. The summed E-state index contributed by atoms with van der Waals surface area (Å²) in [5.41, 5.74) is 1.08. The average molecular weight is 566 g/mol. The fourth-order valence-electron chi connectivity index (χ4n) is 4.31. The Labute approximate surface area is 238 Å². The van der Waals surface area contributed by atoms with Crippen molar-refractivity contribution in [3.8, 4) is 5.75 Å². The third-order valence-corrected chi connectivity index (χ3v) is 8.40. The molecule has 3 aromatic rings. The summed E-state index contributed by atoms with van der Waals surface area (Å²) >= 11 is 0. The highest BCUT2D eigenvalue weighted by molar-refractivity contribution is 7.92. The third kappa shape index (κ3) is 7.63. The number of para-hydroxylation sites is 2. The van der Waals surface area contributed by atoms with Gasteiger partial charge < -0.3 is 15.0 Å². The molecule has 3 aromatic carbocycles. The first-order valence-electron chi connectivity index (χ1n) is 13.7. The van der Waals surface area contributed by atoms with Gasteiger partial charge in [-0.2, -0.15) is 0 Å². The SMILES string of the molecule is CCOc1ccccc1N(CC(=O)N(Cc1ccccc1)[C@@H](CC)C(=O)N[C@H](C)CC)S(=O)(=O)c1ccccc1. The molecule has 9 heteroatoms. The fraction of sp³-hybridized carbons (Fsp3) is 0.355. The van der Waals surface area contributed by atoms with E-state index >= 15 is 0 Å². The molecule has 0 aromatic heterocycles. The molecule has 0 aliphatic carbocycles. The molecule has 1 N–H and O–H groups in total. The highest BCUT2D eigenvalue weighted by Crippen LogP contribution is 2.33. The summed E-state index contributed by atoms with van der Waals surface area (Å²) < 4.78 is 34.8. The molecule has 40 heavy (non-hydrogen) atoms. The quantitative estimate of drug-likeness (QED) is 0.297. The lowest BCUT2D eigenvalue weighted by Crippen LogP contribution is -2.53. The number of nitrogens with zero attached hydrogens (tertiary/aromatic N) is 2. The lowest BCUT2D eigenvalue weighted by atomic mass is 10.1. The number of sulfonamides is 1. The Morgan fingerprint density at radius 2 is 1.45 bits per heavy atom.